The van der Waals surface area contributed by atoms with E-state index in [1.54, 1.807) is 0 Å². The Hall–Kier alpha value is -3.43. The molecule has 2 aromatic rings. The fourth-order valence-electron chi connectivity index (χ4n) is 6.36. The Bertz CT molecular complexity index is 1460. The Labute approximate surface area is 246 Å². The van der Waals surface area contributed by atoms with Crippen molar-refractivity contribution in [2.75, 3.05) is 40.1 Å². The molecular weight excluding hydrogens is 566 g/mol. The number of methoxy groups -OCH3 is 1. The van der Waals surface area contributed by atoms with Gasteiger partial charge in [0.1, 0.15) is 35.7 Å². The maximum Gasteiger partial charge on any atom is 0.202 e. The predicted molar refractivity (Wildman–Crippen MR) is 145 cm³/mol. The number of hydrogen-bond acceptors (Lipinski definition) is 13. The van der Waals surface area contributed by atoms with Crippen LogP contribution in [0.3, 0.4) is 0 Å². The van der Waals surface area contributed by atoms with Crippen LogP contribution in [-0.2, 0) is 30.2 Å². The molecule has 2 aliphatic carbocycles. The number of carbonyl (C=O) groups is 3. The van der Waals surface area contributed by atoms with Crippen molar-refractivity contribution in [1.82, 2.24) is 5.32 Å². The lowest BCUT2D eigenvalue weighted by atomic mass is 9.72. The number of morpholine rings is 1. The first-order valence-corrected chi connectivity index (χ1v) is 14.1. The number of rotatable bonds is 7. The molecule has 4 aliphatic rings. The average Bonchev–Trinajstić information content (AvgIpc) is 3.02. The van der Waals surface area contributed by atoms with Crippen molar-refractivity contribution >= 4 is 17.3 Å². The summed E-state index contributed by atoms with van der Waals surface area (Å²) >= 11 is 0. The first-order chi connectivity index (χ1) is 20.7. The van der Waals surface area contributed by atoms with Crippen LogP contribution >= 0.6 is 0 Å². The first kappa shape index (κ1) is 29.6. The molecule has 43 heavy (non-hydrogen) atoms. The molecule has 0 unspecified atom stereocenters. The van der Waals surface area contributed by atoms with Crippen molar-refractivity contribution in [3.8, 4) is 17.2 Å². The number of carbonyl (C=O) groups excluding carboxylic acids is 3. The topological polar surface area (TPSA) is 190 Å². The summed E-state index contributed by atoms with van der Waals surface area (Å²) < 4.78 is 28.8. The van der Waals surface area contributed by atoms with Crippen LogP contribution in [0.2, 0.25) is 0 Å². The SMILES string of the molecule is COc1cccc2c1C(=O)c1c(O)c3c(c(O)c1C2=O)C[C@@](O)(C(=O)CO)C[C@@H]3O[C@H]1CC[C@H](O[C@@H]2COCCN2)CO1. The quantitative estimate of drug-likeness (QED) is 0.238. The Kier molecular flexibility index (Phi) is 7.98. The summed E-state index contributed by atoms with van der Waals surface area (Å²) in [5, 5.41) is 47.2. The molecule has 2 heterocycles. The van der Waals surface area contributed by atoms with Gasteiger partial charge in [-0.15, -0.1) is 0 Å². The van der Waals surface area contributed by atoms with Gasteiger partial charge in [-0.05, 0) is 12.5 Å². The zero-order chi connectivity index (χ0) is 30.5. The number of phenolic OH excluding ortho intramolecular Hbond substituents is 2. The number of benzene rings is 2. The van der Waals surface area contributed by atoms with E-state index in [4.69, 9.17) is 23.7 Å². The van der Waals surface area contributed by atoms with E-state index in [1.807, 2.05) is 0 Å². The van der Waals surface area contributed by atoms with Crippen LogP contribution in [0, 0.1) is 0 Å². The van der Waals surface area contributed by atoms with E-state index in [0.29, 0.717) is 32.6 Å². The third kappa shape index (κ3) is 5.10. The number of Topliss-reactive ketones (excluding diaryl/α,β-unsaturated/α-hetero) is 1. The van der Waals surface area contributed by atoms with Gasteiger partial charge in [0.05, 0.1) is 55.8 Å². The van der Waals surface area contributed by atoms with Gasteiger partial charge in [0.15, 0.2) is 17.9 Å². The minimum Gasteiger partial charge on any atom is -0.507 e. The van der Waals surface area contributed by atoms with E-state index in [0.717, 1.165) is 0 Å². The molecule has 5 atom stereocenters. The highest BCUT2D eigenvalue weighted by Crippen LogP contribution is 2.52. The molecule has 6 rings (SSSR count). The highest BCUT2D eigenvalue weighted by molar-refractivity contribution is 6.31. The lowest BCUT2D eigenvalue weighted by Gasteiger charge is -2.40. The average molecular weight is 600 g/mol. The molecule has 0 bridgehead atoms. The molecule has 5 N–H and O–H groups in total. The van der Waals surface area contributed by atoms with Gasteiger partial charge in [-0.3, -0.25) is 19.7 Å². The van der Waals surface area contributed by atoms with Crippen molar-refractivity contribution in [2.24, 2.45) is 0 Å². The molecule has 13 nitrogen and oxygen atoms in total. The van der Waals surface area contributed by atoms with Crippen LogP contribution in [0.5, 0.6) is 17.2 Å². The smallest absolute Gasteiger partial charge is 0.202 e. The lowest BCUT2D eigenvalue weighted by Crippen LogP contribution is -2.48. The molecule has 0 amide bonds. The fourth-order valence-corrected chi connectivity index (χ4v) is 6.36. The van der Waals surface area contributed by atoms with Crippen molar-refractivity contribution in [2.45, 2.75) is 56.0 Å². The van der Waals surface area contributed by atoms with Crippen LogP contribution in [-0.4, -0.2) is 102 Å². The lowest BCUT2D eigenvalue weighted by molar-refractivity contribution is -0.233. The maximum atomic E-state index is 13.7. The second-order valence-corrected chi connectivity index (χ2v) is 11.1. The van der Waals surface area contributed by atoms with Crippen LogP contribution < -0.4 is 10.1 Å². The number of aliphatic hydroxyl groups is 2. The van der Waals surface area contributed by atoms with E-state index in [9.17, 15) is 34.8 Å². The van der Waals surface area contributed by atoms with Crippen molar-refractivity contribution in [3.63, 3.8) is 0 Å². The molecule has 2 fully saturated rings. The van der Waals surface area contributed by atoms with Gasteiger partial charge in [0.25, 0.3) is 0 Å². The number of hydrogen-bond donors (Lipinski definition) is 5. The Morgan fingerprint density at radius 3 is 2.53 bits per heavy atom. The molecule has 0 aromatic heterocycles. The van der Waals surface area contributed by atoms with Crippen molar-refractivity contribution in [1.29, 1.82) is 0 Å². The minimum absolute atomic E-state index is 0.0285. The fraction of sp³-hybridized carbons (Fsp3) is 0.500. The normalized spacial score (nSPS) is 28.5. The van der Waals surface area contributed by atoms with Crippen LogP contribution in [0.25, 0.3) is 0 Å². The van der Waals surface area contributed by atoms with Gasteiger partial charge in [-0.2, -0.15) is 0 Å². The summed E-state index contributed by atoms with van der Waals surface area (Å²) in [6.45, 7) is 0.882. The highest BCUT2D eigenvalue weighted by Gasteiger charge is 2.49. The van der Waals surface area contributed by atoms with E-state index in [-0.39, 0.29) is 46.9 Å². The number of ether oxygens (including phenoxy) is 5. The summed E-state index contributed by atoms with van der Waals surface area (Å²) in [7, 11) is 1.34. The second kappa shape index (κ2) is 11.6. The third-order valence-corrected chi connectivity index (χ3v) is 8.49. The summed E-state index contributed by atoms with van der Waals surface area (Å²) in [6.07, 6.45) is -2.64. The maximum absolute atomic E-state index is 13.7. The first-order valence-electron chi connectivity index (χ1n) is 14.1. The van der Waals surface area contributed by atoms with Crippen molar-refractivity contribution < 1.29 is 58.5 Å². The monoisotopic (exact) mass is 599 g/mol. The Morgan fingerprint density at radius 2 is 1.86 bits per heavy atom. The standard InChI is InChI=1S/C30H33NO12/c1-39-17-4-2-3-15-22(17)28(36)25-24(26(15)34)27(35)16-9-30(38,19(33)11-32)10-18(23(16)29(25)37)43-21-6-5-14(12-41-21)42-20-13-40-8-7-31-20/h2-4,14,18,20-21,31-32,35,37-38H,5-13H2,1H3/t14-,18-,20+,21-,30-/m0/s1. The molecule has 2 aromatic carbocycles. The van der Waals surface area contributed by atoms with Crippen LogP contribution in [0.15, 0.2) is 18.2 Å². The molecule has 13 heteroatoms. The van der Waals surface area contributed by atoms with E-state index < -0.39 is 77.4 Å². The van der Waals surface area contributed by atoms with E-state index >= 15 is 0 Å². The second-order valence-electron chi connectivity index (χ2n) is 11.1. The summed E-state index contributed by atoms with van der Waals surface area (Å²) in [6, 6.07) is 4.43. The zero-order valence-electron chi connectivity index (χ0n) is 23.5. The molecule has 2 aliphatic heterocycles. The summed E-state index contributed by atoms with van der Waals surface area (Å²) in [4.78, 5) is 40.0. The molecule has 0 radical (unpaired) electrons. The third-order valence-electron chi connectivity index (χ3n) is 8.49. The van der Waals surface area contributed by atoms with Gasteiger partial charge in [-0.25, -0.2) is 0 Å². The minimum atomic E-state index is -2.19. The highest BCUT2D eigenvalue weighted by atomic mass is 16.7. The predicted octanol–water partition coefficient (Wildman–Crippen LogP) is 0.646. The number of ketones is 3. The molecule has 0 spiro atoms. The molecule has 0 saturated carbocycles. The number of aromatic hydroxyl groups is 2. The van der Waals surface area contributed by atoms with Gasteiger partial charge in [0, 0.05) is 42.5 Å². The van der Waals surface area contributed by atoms with Crippen molar-refractivity contribution in [3.05, 3.63) is 51.6 Å². The largest absolute Gasteiger partial charge is 0.507 e. The number of aliphatic hydroxyl groups excluding tert-OH is 1. The summed E-state index contributed by atoms with van der Waals surface area (Å²) in [5.41, 5.74) is -3.33. The summed E-state index contributed by atoms with van der Waals surface area (Å²) in [5.74, 6) is -3.55. The van der Waals surface area contributed by atoms with Crippen LogP contribution in [0.4, 0.5) is 0 Å². The van der Waals surface area contributed by atoms with E-state index in [2.05, 4.69) is 5.32 Å². The molecule has 230 valence electrons. The number of phenols is 2. The van der Waals surface area contributed by atoms with E-state index in [1.165, 1.54) is 25.3 Å². The van der Waals surface area contributed by atoms with Crippen LogP contribution in [0.1, 0.15) is 68.3 Å². The Balaban J connectivity index is 1.35. The van der Waals surface area contributed by atoms with Gasteiger partial charge in [-0.1, -0.05) is 12.1 Å². The molecule has 2 saturated heterocycles. The Morgan fingerprint density at radius 1 is 1.07 bits per heavy atom. The zero-order valence-corrected chi connectivity index (χ0v) is 23.5. The molecular formula is C30H33NO12. The number of fused-ring (bicyclic) bond motifs is 3. The number of nitrogens with one attached hydrogen (secondary N) is 1. The van der Waals surface area contributed by atoms with Gasteiger partial charge >= 0.3 is 0 Å². The van der Waals surface area contributed by atoms with Gasteiger partial charge < -0.3 is 44.1 Å². The van der Waals surface area contributed by atoms with Gasteiger partial charge in [0.2, 0.25) is 5.78 Å².